The van der Waals surface area contributed by atoms with Gasteiger partial charge in [-0.3, -0.25) is 0 Å². The molecule has 0 aromatic rings. The van der Waals surface area contributed by atoms with Crippen LogP contribution in [-0.4, -0.2) is 33.0 Å². The fourth-order valence-electron chi connectivity index (χ4n) is 2.12. The Morgan fingerprint density at radius 1 is 1.36 bits per heavy atom. The molecule has 1 N–H and O–H groups in total. The molecule has 0 radical (unpaired) electrons. The van der Waals surface area contributed by atoms with Gasteiger partial charge < -0.3 is 5.32 Å². The van der Waals surface area contributed by atoms with Gasteiger partial charge in [0.25, 0.3) is 0 Å². The molecule has 0 spiro atoms. The van der Waals surface area contributed by atoms with E-state index in [2.05, 4.69) is 12.2 Å². The zero-order chi connectivity index (χ0) is 10.6. The molecule has 0 amide bonds. The summed E-state index contributed by atoms with van der Waals surface area (Å²) in [5.74, 6) is 0.874. The minimum atomic E-state index is -2.84. The molecule has 0 aromatic carbocycles. The zero-order valence-corrected chi connectivity index (χ0v) is 9.94. The largest absolute Gasteiger partial charge is 0.319 e. The predicted octanol–water partition coefficient (Wildman–Crippen LogP) is 1.20. The number of hydrogen-bond acceptors (Lipinski definition) is 3. The molecule has 1 saturated carbocycles. The summed E-state index contributed by atoms with van der Waals surface area (Å²) in [5.41, 5.74) is 0. The Bertz CT molecular complexity index is 261. The highest BCUT2D eigenvalue weighted by Gasteiger charge is 2.29. The maximum absolute atomic E-state index is 11.9. The standard InChI is InChI=1S/C10H21NO2S/c1-9-4-3-5-10(8-9)14(12,13)7-6-11-2/h9-11H,3-8H2,1-2H3. The number of sulfone groups is 1. The fraction of sp³-hybridized carbons (Fsp3) is 1.00. The van der Waals surface area contributed by atoms with E-state index in [9.17, 15) is 8.42 Å². The maximum Gasteiger partial charge on any atom is 0.154 e. The number of hydrogen-bond donors (Lipinski definition) is 1. The van der Waals surface area contributed by atoms with Gasteiger partial charge >= 0.3 is 0 Å². The quantitative estimate of drug-likeness (QED) is 0.773. The first-order valence-corrected chi connectivity index (χ1v) is 7.14. The first-order valence-electron chi connectivity index (χ1n) is 5.42. The van der Waals surface area contributed by atoms with E-state index < -0.39 is 9.84 Å². The number of nitrogens with one attached hydrogen (secondary N) is 1. The summed E-state index contributed by atoms with van der Waals surface area (Å²) in [7, 11) is -1.05. The third kappa shape index (κ3) is 3.24. The van der Waals surface area contributed by atoms with E-state index in [4.69, 9.17) is 0 Å². The Balaban J connectivity index is 2.53. The van der Waals surface area contributed by atoms with Crippen molar-refractivity contribution in [3.8, 4) is 0 Å². The van der Waals surface area contributed by atoms with E-state index in [-0.39, 0.29) is 5.25 Å². The third-order valence-electron chi connectivity index (χ3n) is 3.03. The molecule has 0 saturated heterocycles. The van der Waals surface area contributed by atoms with Crippen molar-refractivity contribution in [3.63, 3.8) is 0 Å². The Labute approximate surface area is 87.2 Å². The Hall–Kier alpha value is -0.0900. The molecule has 0 aliphatic heterocycles. The van der Waals surface area contributed by atoms with Gasteiger partial charge in [-0.25, -0.2) is 8.42 Å². The molecule has 0 heterocycles. The molecule has 0 aromatic heterocycles. The maximum atomic E-state index is 11.9. The average molecular weight is 219 g/mol. The SMILES string of the molecule is CNCCS(=O)(=O)C1CCCC(C)C1. The van der Waals surface area contributed by atoms with Crippen LogP contribution in [0.25, 0.3) is 0 Å². The summed E-state index contributed by atoms with van der Waals surface area (Å²) in [4.78, 5) is 0. The molecule has 0 bridgehead atoms. The van der Waals surface area contributed by atoms with Crippen molar-refractivity contribution in [2.45, 2.75) is 37.9 Å². The smallest absolute Gasteiger partial charge is 0.154 e. The van der Waals surface area contributed by atoms with Gasteiger partial charge in [0, 0.05) is 6.54 Å². The Morgan fingerprint density at radius 2 is 2.07 bits per heavy atom. The minimum absolute atomic E-state index is 0.0698. The Morgan fingerprint density at radius 3 is 2.64 bits per heavy atom. The third-order valence-corrected chi connectivity index (χ3v) is 5.25. The summed E-state index contributed by atoms with van der Waals surface area (Å²) in [5, 5.41) is 2.83. The highest BCUT2D eigenvalue weighted by atomic mass is 32.2. The normalized spacial score (nSPS) is 29.0. The highest BCUT2D eigenvalue weighted by Crippen LogP contribution is 2.28. The molecule has 84 valence electrons. The lowest BCUT2D eigenvalue weighted by molar-refractivity contribution is 0.382. The lowest BCUT2D eigenvalue weighted by Gasteiger charge is -2.26. The molecular weight excluding hydrogens is 198 g/mol. The van der Waals surface area contributed by atoms with Crippen LogP contribution in [0.4, 0.5) is 0 Å². The van der Waals surface area contributed by atoms with Crippen molar-refractivity contribution in [2.24, 2.45) is 5.92 Å². The predicted molar refractivity (Wildman–Crippen MR) is 59.1 cm³/mol. The summed E-state index contributed by atoms with van der Waals surface area (Å²) in [6, 6.07) is 0. The van der Waals surface area contributed by atoms with Crippen LogP contribution in [0.1, 0.15) is 32.6 Å². The lowest BCUT2D eigenvalue weighted by Crippen LogP contribution is -2.32. The summed E-state index contributed by atoms with van der Waals surface area (Å²) >= 11 is 0. The highest BCUT2D eigenvalue weighted by molar-refractivity contribution is 7.92. The van der Waals surface area contributed by atoms with Gasteiger partial charge in [0.05, 0.1) is 11.0 Å². The zero-order valence-electron chi connectivity index (χ0n) is 9.12. The van der Waals surface area contributed by atoms with E-state index in [1.165, 1.54) is 6.42 Å². The monoisotopic (exact) mass is 219 g/mol. The topological polar surface area (TPSA) is 46.2 Å². The van der Waals surface area contributed by atoms with Crippen molar-refractivity contribution in [1.29, 1.82) is 0 Å². The van der Waals surface area contributed by atoms with Gasteiger partial charge in [0.1, 0.15) is 0 Å². The second-order valence-electron chi connectivity index (χ2n) is 4.36. The van der Waals surface area contributed by atoms with Crippen LogP contribution < -0.4 is 5.32 Å². The van der Waals surface area contributed by atoms with Gasteiger partial charge in [-0.15, -0.1) is 0 Å². The van der Waals surface area contributed by atoms with Crippen molar-refractivity contribution in [2.75, 3.05) is 19.3 Å². The van der Waals surface area contributed by atoms with Gasteiger partial charge in [-0.1, -0.05) is 19.8 Å². The van der Waals surface area contributed by atoms with E-state index in [0.717, 1.165) is 19.3 Å². The molecule has 1 aliphatic carbocycles. The fourth-order valence-corrected chi connectivity index (χ4v) is 4.09. The van der Waals surface area contributed by atoms with Crippen LogP contribution in [0, 0.1) is 5.92 Å². The summed E-state index contributed by atoms with van der Waals surface area (Å²) in [6.45, 7) is 2.73. The van der Waals surface area contributed by atoms with Crippen LogP contribution in [0.15, 0.2) is 0 Å². The van der Waals surface area contributed by atoms with Gasteiger partial charge in [0.2, 0.25) is 0 Å². The molecule has 14 heavy (non-hydrogen) atoms. The second-order valence-corrected chi connectivity index (χ2v) is 6.76. The molecule has 3 nitrogen and oxygen atoms in total. The van der Waals surface area contributed by atoms with Crippen LogP contribution in [-0.2, 0) is 9.84 Å². The van der Waals surface area contributed by atoms with E-state index in [1.807, 2.05) is 0 Å². The van der Waals surface area contributed by atoms with Crippen molar-refractivity contribution >= 4 is 9.84 Å². The molecule has 1 fully saturated rings. The van der Waals surface area contributed by atoms with Crippen LogP contribution in [0.2, 0.25) is 0 Å². The van der Waals surface area contributed by atoms with Crippen LogP contribution in [0.3, 0.4) is 0 Å². The second kappa shape index (κ2) is 5.12. The van der Waals surface area contributed by atoms with Crippen LogP contribution >= 0.6 is 0 Å². The van der Waals surface area contributed by atoms with Crippen molar-refractivity contribution in [3.05, 3.63) is 0 Å². The molecule has 1 rings (SSSR count). The first-order chi connectivity index (χ1) is 6.56. The van der Waals surface area contributed by atoms with Gasteiger partial charge in [0.15, 0.2) is 9.84 Å². The molecule has 2 unspecified atom stereocenters. The van der Waals surface area contributed by atoms with E-state index in [0.29, 0.717) is 18.2 Å². The number of rotatable bonds is 4. The summed E-state index contributed by atoms with van der Waals surface area (Å²) in [6.07, 6.45) is 4.01. The van der Waals surface area contributed by atoms with Crippen LogP contribution in [0.5, 0.6) is 0 Å². The average Bonchev–Trinajstić information content (AvgIpc) is 2.15. The van der Waals surface area contributed by atoms with E-state index >= 15 is 0 Å². The van der Waals surface area contributed by atoms with E-state index in [1.54, 1.807) is 7.05 Å². The Kier molecular flexibility index (Phi) is 4.38. The van der Waals surface area contributed by atoms with Gasteiger partial charge in [-0.2, -0.15) is 0 Å². The minimum Gasteiger partial charge on any atom is -0.319 e. The molecular formula is C10H21NO2S. The van der Waals surface area contributed by atoms with Crippen molar-refractivity contribution < 1.29 is 8.42 Å². The molecule has 2 atom stereocenters. The molecule has 4 heteroatoms. The van der Waals surface area contributed by atoms with Gasteiger partial charge in [-0.05, 0) is 25.8 Å². The summed E-state index contributed by atoms with van der Waals surface area (Å²) < 4.78 is 23.7. The molecule has 1 aliphatic rings. The first kappa shape index (κ1) is 12.0. The van der Waals surface area contributed by atoms with Crippen molar-refractivity contribution in [1.82, 2.24) is 5.32 Å². The lowest BCUT2D eigenvalue weighted by atomic mass is 9.91.